The standard InChI is InChI=1S/C47H58N6O6/c1-43(2,3)25-46(9,10)31-15-19-39(54)37(23-31)52-48-33-17-13-29(21-35(33)50(48)52)41(56)58-27-45(7,8)28-59-42(57)30-14-18-34-36(22-30)51-49(34)53(51)38-24-32(16-20-40(38)55)47(11,12)26-44(4,5)6/h13-24,54-55H,25-28H2,1-12H3. The second kappa shape index (κ2) is 13.1. The van der Waals surface area contributed by atoms with Gasteiger partial charge in [0.25, 0.3) is 0 Å². The molecule has 0 saturated carbocycles. The smallest absolute Gasteiger partial charge is 0.338 e. The number of benzene rings is 4. The van der Waals surface area contributed by atoms with Gasteiger partial charge in [-0.05, 0) is 106 Å². The van der Waals surface area contributed by atoms with Gasteiger partial charge in [0.05, 0.1) is 24.3 Å². The lowest BCUT2D eigenvalue weighted by Crippen LogP contribution is -2.28. The van der Waals surface area contributed by atoms with Crippen LogP contribution in [0.5, 0.6) is 11.5 Å². The zero-order valence-electron chi connectivity index (χ0n) is 36.5. The average Bonchev–Trinajstić information content (AvgIpc) is 3.99. The fourth-order valence-corrected chi connectivity index (χ4v) is 9.14. The van der Waals surface area contributed by atoms with E-state index in [2.05, 4.69) is 69.2 Å². The van der Waals surface area contributed by atoms with Crippen molar-refractivity contribution < 1.29 is 29.3 Å². The molecule has 8 aromatic rings. The highest BCUT2D eigenvalue weighted by Gasteiger charge is 2.34. The topological polar surface area (TPSA) is 121 Å². The maximum atomic E-state index is 13.3. The van der Waals surface area contributed by atoms with Gasteiger partial charge in [-0.15, -0.1) is 28.1 Å². The molecule has 12 heteroatoms. The van der Waals surface area contributed by atoms with Gasteiger partial charge >= 0.3 is 11.9 Å². The molecule has 4 heterocycles. The minimum absolute atomic E-state index is 0.0418. The first-order valence-electron chi connectivity index (χ1n) is 20.5. The number of rotatable bonds is 12. The van der Waals surface area contributed by atoms with Crippen LogP contribution in [0, 0.1) is 16.2 Å². The Labute approximate surface area is 344 Å². The third-order valence-corrected chi connectivity index (χ3v) is 11.4. The lowest BCUT2D eigenvalue weighted by Gasteiger charge is -2.33. The third-order valence-electron chi connectivity index (χ3n) is 11.4. The SMILES string of the molecule is CC(C)(C)CC(C)(C)c1ccc(O)c(-n2n3c4ccc(C(=O)OCC(C)(C)COC(=O)c5ccc6c(c5)n5n(-c7cc(C(C)(C)CC(C)(C)C)ccc7O)n65)cc4n23)c1. The van der Waals surface area contributed by atoms with E-state index < -0.39 is 17.4 Å². The number of nitrogens with zero attached hydrogens (tertiary/aromatic N) is 6. The Balaban J connectivity index is 0.901. The van der Waals surface area contributed by atoms with Crippen LogP contribution in [0.4, 0.5) is 0 Å². The van der Waals surface area contributed by atoms with Crippen LogP contribution in [0.25, 0.3) is 33.4 Å². The summed E-state index contributed by atoms with van der Waals surface area (Å²) in [5.74, 6) is -0.595. The van der Waals surface area contributed by atoms with Crippen molar-refractivity contribution in [3.8, 4) is 22.9 Å². The van der Waals surface area contributed by atoms with E-state index in [1.54, 1.807) is 36.4 Å². The molecular weight excluding hydrogens is 745 g/mol. The molecule has 0 saturated heterocycles. The monoisotopic (exact) mass is 802 g/mol. The molecule has 0 bridgehead atoms. The maximum absolute atomic E-state index is 13.3. The van der Waals surface area contributed by atoms with E-state index in [0.717, 1.165) is 46.0 Å². The molecule has 4 aromatic heterocycles. The molecule has 0 atom stereocenters. The molecule has 312 valence electrons. The first-order chi connectivity index (χ1) is 27.4. The Morgan fingerprint density at radius 1 is 0.492 bits per heavy atom. The molecule has 59 heavy (non-hydrogen) atoms. The van der Waals surface area contributed by atoms with Gasteiger partial charge in [0, 0.05) is 5.41 Å². The fourth-order valence-electron chi connectivity index (χ4n) is 9.14. The van der Waals surface area contributed by atoms with Crippen molar-refractivity contribution in [2.45, 2.75) is 107 Å². The lowest BCUT2D eigenvalue weighted by atomic mass is 9.72. The van der Waals surface area contributed by atoms with Crippen molar-refractivity contribution >= 4 is 34.0 Å². The third kappa shape index (κ3) is 7.31. The second-order valence-electron chi connectivity index (χ2n) is 21.1. The highest BCUT2D eigenvalue weighted by molar-refractivity contribution is 5.95. The number of carbonyl (C=O) groups is 2. The quantitative estimate of drug-likeness (QED) is 0.119. The number of ether oxygens (including phenoxy) is 2. The molecule has 0 aliphatic rings. The lowest BCUT2D eigenvalue weighted by molar-refractivity contribution is 0.00616. The van der Waals surface area contributed by atoms with E-state index in [0.29, 0.717) is 22.5 Å². The fraction of sp³-hybridized carbons (Fsp3) is 0.447. The molecule has 12 nitrogen and oxygen atoms in total. The summed E-state index contributed by atoms with van der Waals surface area (Å²) in [4.78, 5) is 30.3. The Kier molecular flexibility index (Phi) is 8.89. The average molecular weight is 803 g/mol. The summed E-state index contributed by atoms with van der Waals surface area (Å²) in [6.07, 6.45) is 1.96. The normalized spacial score (nSPS) is 13.6. The van der Waals surface area contributed by atoms with Gasteiger partial charge in [-0.1, -0.05) is 95.2 Å². The first-order valence-corrected chi connectivity index (χ1v) is 20.5. The number of hydrogen-bond donors (Lipinski definition) is 2. The molecule has 0 aliphatic heterocycles. The predicted molar refractivity (Wildman–Crippen MR) is 230 cm³/mol. The van der Waals surface area contributed by atoms with Gasteiger partial charge in [-0.25, -0.2) is 9.59 Å². The number of hydrogen-bond acceptors (Lipinski definition) is 6. The number of aromatic hydroxyl groups is 2. The molecule has 0 amide bonds. The molecule has 8 rings (SSSR count). The summed E-state index contributed by atoms with van der Waals surface area (Å²) in [7, 11) is 0. The van der Waals surface area contributed by atoms with Gasteiger partial charge < -0.3 is 19.7 Å². The van der Waals surface area contributed by atoms with E-state index in [-0.39, 0.29) is 46.4 Å². The van der Waals surface area contributed by atoms with Crippen LogP contribution in [0.15, 0.2) is 72.8 Å². The van der Waals surface area contributed by atoms with Crippen molar-refractivity contribution in [3.63, 3.8) is 0 Å². The molecule has 0 spiro atoms. The van der Waals surface area contributed by atoms with Crippen LogP contribution < -0.4 is 0 Å². The van der Waals surface area contributed by atoms with Crippen LogP contribution in [-0.2, 0) is 20.3 Å². The largest absolute Gasteiger partial charge is 0.506 e. The summed E-state index contributed by atoms with van der Waals surface area (Å²) in [6, 6.07) is 22.4. The van der Waals surface area contributed by atoms with Crippen molar-refractivity contribution in [1.82, 2.24) is 28.1 Å². The van der Waals surface area contributed by atoms with Crippen LogP contribution >= 0.6 is 0 Å². The Hall–Kier alpha value is -5.78. The van der Waals surface area contributed by atoms with Gasteiger partial charge in [-0.2, -0.15) is 0 Å². The second-order valence-corrected chi connectivity index (χ2v) is 21.1. The van der Waals surface area contributed by atoms with Crippen molar-refractivity contribution in [2.75, 3.05) is 13.2 Å². The Morgan fingerprint density at radius 2 is 0.847 bits per heavy atom. The summed E-state index contributed by atoms with van der Waals surface area (Å²) in [6.45, 7) is 26.2. The summed E-state index contributed by atoms with van der Waals surface area (Å²) in [5, 5.41) is 21.7. The van der Waals surface area contributed by atoms with Crippen LogP contribution in [0.1, 0.15) is 128 Å². The van der Waals surface area contributed by atoms with Crippen molar-refractivity contribution in [1.29, 1.82) is 0 Å². The van der Waals surface area contributed by atoms with Gasteiger partial charge in [0.15, 0.2) is 0 Å². The van der Waals surface area contributed by atoms with E-state index in [9.17, 15) is 19.8 Å². The molecule has 0 aliphatic carbocycles. The molecule has 4 aromatic carbocycles. The molecule has 0 fully saturated rings. The highest BCUT2D eigenvalue weighted by atomic mass is 16.5. The molecule has 2 N–H and O–H groups in total. The summed E-state index contributed by atoms with van der Waals surface area (Å²) >= 11 is 0. The van der Waals surface area contributed by atoms with Crippen LogP contribution in [0.3, 0.4) is 0 Å². The highest BCUT2D eigenvalue weighted by Crippen LogP contribution is 2.41. The number of esters is 2. The number of fused-ring (bicyclic) bond motifs is 8. The van der Waals surface area contributed by atoms with Gasteiger partial charge in [0.2, 0.25) is 0 Å². The molecular formula is C47H58N6O6. The summed E-state index contributed by atoms with van der Waals surface area (Å²) < 4.78 is 19.2. The van der Waals surface area contributed by atoms with E-state index >= 15 is 0 Å². The van der Waals surface area contributed by atoms with Crippen LogP contribution in [0.2, 0.25) is 0 Å². The van der Waals surface area contributed by atoms with Crippen LogP contribution in [-0.4, -0.2) is 63.5 Å². The Morgan fingerprint density at radius 3 is 1.20 bits per heavy atom. The number of carbonyl (C=O) groups excluding carboxylic acids is 2. The van der Waals surface area contributed by atoms with Gasteiger partial charge in [-0.3, -0.25) is 0 Å². The van der Waals surface area contributed by atoms with E-state index in [1.165, 1.54) is 0 Å². The minimum Gasteiger partial charge on any atom is -0.506 e. The maximum Gasteiger partial charge on any atom is 0.338 e. The first kappa shape index (κ1) is 40.0. The predicted octanol–water partition coefficient (Wildman–Crippen LogP) is 10.0. The zero-order chi connectivity index (χ0) is 42.8. The summed E-state index contributed by atoms with van der Waals surface area (Å²) in [5.41, 5.74) is 7.40. The van der Waals surface area contributed by atoms with Crippen molar-refractivity contribution in [3.05, 3.63) is 95.1 Å². The number of phenols is 2. The van der Waals surface area contributed by atoms with Crippen molar-refractivity contribution in [2.24, 2.45) is 16.2 Å². The Bertz CT molecular complexity index is 2660. The minimum atomic E-state index is -0.654. The van der Waals surface area contributed by atoms with Gasteiger partial charge in [0.1, 0.15) is 44.9 Å². The van der Waals surface area contributed by atoms with E-state index in [4.69, 9.17) is 9.47 Å². The number of phenolic OH excluding ortho intramolecular Hbond substituents is 2. The zero-order valence-corrected chi connectivity index (χ0v) is 36.5. The van der Waals surface area contributed by atoms with E-state index in [1.807, 2.05) is 78.4 Å². The molecule has 0 radical (unpaired) electrons. The molecule has 0 unspecified atom stereocenters. The number of aromatic nitrogens is 6.